The second kappa shape index (κ2) is 23.1. The van der Waals surface area contributed by atoms with Crippen molar-refractivity contribution in [2.75, 3.05) is 13.1 Å². The molecule has 2 aromatic rings. The van der Waals surface area contributed by atoms with Crippen molar-refractivity contribution in [1.82, 2.24) is 31.5 Å². The van der Waals surface area contributed by atoms with Crippen LogP contribution in [0.1, 0.15) is 63.5 Å². The van der Waals surface area contributed by atoms with Gasteiger partial charge in [-0.15, -0.1) is 0 Å². The monoisotopic (exact) mass is 837 g/mol. The van der Waals surface area contributed by atoms with Crippen molar-refractivity contribution in [3.8, 4) is 5.75 Å². The number of rotatable bonds is 23. The van der Waals surface area contributed by atoms with E-state index in [1.54, 1.807) is 30.3 Å². The number of aromatic hydroxyl groups is 1. The Morgan fingerprint density at radius 2 is 1.35 bits per heavy atom. The molecule has 6 unspecified atom stereocenters. The predicted octanol–water partition coefficient (Wildman–Crippen LogP) is -2.18. The summed E-state index contributed by atoms with van der Waals surface area (Å²) >= 11 is 0. The Labute approximate surface area is 346 Å². The number of carboxylic acids is 1. The van der Waals surface area contributed by atoms with E-state index in [-0.39, 0.29) is 43.9 Å². The maximum atomic E-state index is 14.0. The zero-order chi connectivity index (χ0) is 44.5. The number of benzene rings is 2. The third kappa shape index (κ3) is 15.6. The van der Waals surface area contributed by atoms with Crippen molar-refractivity contribution in [3.05, 3.63) is 65.7 Å². The number of nitrogens with one attached hydrogen (secondary N) is 5. The summed E-state index contributed by atoms with van der Waals surface area (Å²) in [6.45, 7) is 3.23. The van der Waals surface area contributed by atoms with Gasteiger partial charge in [0.25, 0.3) is 0 Å². The fraction of sp³-hybridized carbons (Fsp3) is 0.475. The summed E-state index contributed by atoms with van der Waals surface area (Å²) in [4.78, 5) is 117. The van der Waals surface area contributed by atoms with E-state index in [0.29, 0.717) is 17.5 Å². The quantitative estimate of drug-likeness (QED) is 0.0572. The molecule has 1 aliphatic rings. The Bertz CT molecular complexity index is 1860. The van der Waals surface area contributed by atoms with Gasteiger partial charge < -0.3 is 58.9 Å². The van der Waals surface area contributed by atoms with Gasteiger partial charge in [-0.3, -0.25) is 43.2 Å². The van der Waals surface area contributed by atoms with E-state index >= 15 is 0 Å². The van der Waals surface area contributed by atoms with Crippen molar-refractivity contribution in [2.45, 2.75) is 101 Å². The Morgan fingerprint density at radius 1 is 0.767 bits per heavy atom. The number of nitrogens with two attached hydrogens (primary N) is 3. The molecule has 8 amide bonds. The summed E-state index contributed by atoms with van der Waals surface area (Å²) in [5, 5.41) is 31.9. The first-order valence-corrected chi connectivity index (χ1v) is 19.5. The smallest absolute Gasteiger partial charge is 0.303 e. The van der Waals surface area contributed by atoms with Gasteiger partial charge in [0.15, 0.2) is 0 Å². The summed E-state index contributed by atoms with van der Waals surface area (Å²) in [6, 6.07) is 6.54. The lowest BCUT2D eigenvalue weighted by Crippen LogP contribution is -2.59. The number of amides is 8. The second-order valence-corrected chi connectivity index (χ2v) is 15.0. The highest BCUT2D eigenvalue weighted by Crippen LogP contribution is 2.20. The highest BCUT2D eigenvalue weighted by atomic mass is 16.4. The molecule has 20 nitrogen and oxygen atoms in total. The minimum atomic E-state index is -1.56. The van der Waals surface area contributed by atoms with Gasteiger partial charge in [-0.05, 0) is 54.9 Å². The molecular weight excluding hydrogens is 782 g/mol. The van der Waals surface area contributed by atoms with E-state index in [1.807, 2.05) is 13.8 Å². The van der Waals surface area contributed by atoms with Crippen LogP contribution in [0.15, 0.2) is 54.6 Å². The number of primary amides is 2. The van der Waals surface area contributed by atoms with Crippen LogP contribution in [-0.2, 0) is 56.0 Å². The minimum absolute atomic E-state index is 0.0187. The van der Waals surface area contributed by atoms with E-state index in [1.165, 1.54) is 29.2 Å². The molecule has 0 saturated carbocycles. The van der Waals surface area contributed by atoms with Crippen molar-refractivity contribution < 1.29 is 53.4 Å². The number of hydrogen-bond donors (Lipinski definition) is 10. The summed E-state index contributed by atoms with van der Waals surface area (Å²) in [5.74, 6) is -7.76. The first-order chi connectivity index (χ1) is 28.3. The van der Waals surface area contributed by atoms with E-state index in [2.05, 4.69) is 26.6 Å². The third-order valence-electron chi connectivity index (χ3n) is 9.59. The molecule has 0 spiro atoms. The van der Waals surface area contributed by atoms with Gasteiger partial charge in [0.2, 0.25) is 47.3 Å². The van der Waals surface area contributed by atoms with Crippen molar-refractivity contribution in [2.24, 2.45) is 23.1 Å². The highest BCUT2D eigenvalue weighted by molar-refractivity contribution is 5.97. The summed E-state index contributed by atoms with van der Waals surface area (Å²) in [5.41, 5.74) is 17.6. The van der Waals surface area contributed by atoms with Gasteiger partial charge in [-0.1, -0.05) is 56.3 Å². The summed E-state index contributed by atoms with van der Waals surface area (Å²) in [7, 11) is 0. The first-order valence-electron chi connectivity index (χ1n) is 19.5. The molecule has 1 saturated heterocycles. The lowest BCUT2D eigenvalue weighted by molar-refractivity contribution is -0.141. The van der Waals surface area contributed by atoms with E-state index in [0.717, 1.165) is 0 Å². The summed E-state index contributed by atoms with van der Waals surface area (Å²) < 4.78 is 0. The number of carboxylic acid groups (broad SMARTS) is 1. The van der Waals surface area contributed by atoms with Crippen molar-refractivity contribution in [1.29, 1.82) is 0 Å². The average Bonchev–Trinajstić information content (AvgIpc) is 3.68. The van der Waals surface area contributed by atoms with E-state index in [4.69, 9.17) is 17.2 Å². The molecule has 0 aromatic heterocycles. The largest absolute Gasteiger partial charge is 0.508 e. The average molecular weight is 838 g/mol. The number of carbonyl (C=O) groups excluding carboxylic acids is 8. The van der Waals surface area contributed by atoms with Crippen LogP contribution in [0.4, 0.5) is 0 Å². The molecular formula is C40H55N9O11. The van der Waals surface area contributed by atoms with Gasteiger partial charge in [0.1, 0.15) is 36.0 Å². The normalized spacial score (nSPS) is 16.0. The van der Waals surface area contributed by atoms with Crippen LogP contribution >= 0.6 is 0 Å². The molecule has 0 radical (unpaired) electrons. The molecule has 2 aromatic carbocycles. The van der Waals surface area contributed by atoms with Gasteiger partial charge >= 0.3 is 5.97 Å². The molecule has 1 aliphatic heterocycles. The Balaban J connectivity index is 1.86. The number of phenolic OH excluding ortho intramolecular Hbond substituents is 1. The fourth-order valence-corrected chi connectivity index (χ4v) is 6.56. The number of nitrogens with zero attached hydrogens (tertiary/aromatic N) is 1. The Hall–Kier alpha value is -6.57. The lowest BCUT2D eigenvalue weighted by atomic mass is 10.0. The van der Waals surface area contributed by atoms with E-state index < -0.39 is 115 Å². The molecule has 0 aliphatic carbocycles. The second-order valence-electron chi connectivity index (χ2n) is 15.0. The fourth-order valence-electron chi connectivity index (χ4n) is 6.56. The summed E-state index contributed by atoms with van der Waals surface area (Å²) in [6.07, 6.45) is -0.877. The zero-order valence-corrected chi connectivity index (χ0v) is 33.6. The maximum absolute atomic E-state index is 14.0. The van der Waals surface area contributed by atoms with Crippen LogP contribution in [0, 0.1) is 5.92 Å². The number of aliphatic carboxylic acids is 1. The molecule has 1 fully saturated rings. The predicted molar refractivity (Wildman–Crippen MR) is 215 cm³/mol. The van der Waals surface area contributed by atoms with Crippen molar-refractivity contribution in [3.63, 3.8) is 0 Å². The molecule has 0 bridgehead atoms. The number of phenols is 1. The van der Waals surface area contributed by atoms with Crippen LogP contribution in [0.5, 0.6) is 5.75 Å². The molecule has 6 atom stereocenters. The number of hydrogen-bond acceptors (Lipinski definition) is 11. The molecule has 1 heterocycles. The molecule has 60 heavy (non-hydrogen) atoms. The van der Waals surface area contributed by atoms with Crippen LogP contribution in [0.25, 0.3) is 0 Å². The van der Waals surface area contributed by atoms with Crippen LogP contribution in [0.3, 0.4) is 0 Å². The zero-order valence-electron chi connectivity index (χ0n) is 33.6. The van der Waals surface area contributed by atoms with Crippen molar-refractivity contribution >= 4 is 53.2 Å². The number of carbonyl (C=O) groups is 9. The first kappa shape index (κ1) is 47.8. The van der Waals surface area contributed by atoms with Gasteiger partial charge in [-0.2, -0.15) is 0 Å². The van der Waals surface area contributed by atoms with Gasteiger partial charge in [-0.25, -0.2) is 0 Å². The van der Waals surface area contributed by atoms with Gasteiger partial charge in [0.05, 0.1) is 19.0 Å². The topological polar surface area (TPSA) is 336 Å². The standard InChI is InChI=1S/C40H55N9O11/c1-22(2)17-28(35(43)55)45-33(52)21-44-36(56)29(18-23-7-4-3-5-8-23)47-37(57)27(14-15-34(53)54)46-38(58)30(19-24-10-12-25(50)13-11-24)48-39(59)31-9-6-16-49(31)40(60)26(41)20-32(42)51/h3-5,7-8,10-13,22,26-31,50H,6,9,14-21,41H2,1-2H3,(H2,42,51)(H2,43,55)(H,44,56)(H,45,52)(H,46,58)(H,47,57)(H,48,59)(H,53,54). The van der Waals surface area contributed by atoms with Crippen LogP contribution < -0.4 is 43.8 Å². The van der Waals surface area contributed by atoms with E-state index in [9.17, 15) is 53.4 Å². The van der Waals surface area contributed by atoms with Gasteiger partial charge in [0, 0.05) is 25.8 Å². The number of likely N-dealkylation sites (tertiary alicyclic amines) is 1. The molecule has 326 valence electrons. The molecule has 13 N–H and O–H groups in total. The molecule has 20 heteroatoms. The maximum Gasteiger partial charge on any atom is 0.303 e. The Morgan fingerprint density at radius 3 is 1.93 bits per heavy atom. The Kier molecular flexibility index (Phi) is 18.4. The lowest BCUT2D eigenvalue weighted by Gasteiger charge is -2.29. The minimum Gasteiger partial charge on any atom is -0.508 e. The van der Waals surface area contributed by atoms with Crippen LogP contribution in [-0.4, -0.2) is 118 Å². The molecule has 3 rings (SSSR count). The highest BCUT2D eigenvalue weighted by Gasteiger charge is 2.38. The third-order valence-corrected chi connectivity index (χ3v) is 9.59. The van der Waals surface area contributed by atoms with Crippen LogP contribution in [0.2, 0.25) is 0 Å². The SMILES string of the molecule is CC(C)CC(NC(=O)CNC(=O)C(Cc1ccccc1)NC(=O)C(CCC(=O)O)NC(=O)C(Cc1ccc(O)cc1)NC(=O)C1CCCN1C(=O)C(N)CC(N)=O)C(N)=O.